The smallest absolute Gasteiger partial charge is 0.407 e. The molecule has 5 N–H and O–H groups in total. The van der Waals surface area contributed by atoms with E-state index in [4.69, 9.17) is 25.7 Å². The molecule has 11 heteroatoms. The highest BCUT2D eigenvalue weighted by Crippen LogP contribution is 2.49. The lowest BCUT2D eigenvalue weighted by Crippen LogP contribution is -2.46. The number of nitrogens with one attached hydrogen (secondary N) is 1. The van der Waals surface area contributed by atoms with E-state index in [0.717, 1.165) is 74.9 Å². The number of alkyl carbamates (subject to hydrolysis) is 1. The molecule has 0 radical (unpaired) electrons. The van der Waals surface area contributed by atoms with Crippen LogP contribution in [0.4, 0.5) is 10.5 Å². The zero-order chi connectivity index (χ0) is 25.9. The summed E-state index contributed by atoms with van der Waals surface area (Å²) in [4.78, 5) is 29.7. The fraction of sp³-hybridized carbons (Fsp3) is 0.680. The van der Waals surface area contributed by atoms with Crippen LogP contribution in [-0.2, 0) is 14.3 Å². The number of thioether (sulfide) groups is 1. The Kier molecular flexibility index (Phi) is 8.54. The predicted molar refractivity (Wildman–Crippen MR) is 140 cm³/mol. The molecule has 2 unspecified atom stereocenters. The third-order valence-electron chi connectivity index (χ3n) is 6.63. The molecular weight excluding hydrogens is 482 g/mol. The van der Waals surface area contributed by atoms with Gasteiger partial charge in [0.05, 0.1) is 19.3 Å². The summed E-state index contributed by atoms with van der Waals surface area (Å²) in [5.74, 6) is 0.298. The van der Waals surface area contributed by atoms with E-state index in [-0.39, 0.29) is 12.1 Å². The fourth-order valence-electron chi connectivity index (χ4n) is 4.78. The Hall–Kier alpha value is -2.21. The van der Waals surface area contributed by atoms with Gasteiger partial charge in [-0.1, -0.05) is 0 Å². The Labute approximate surface area is 217 Å². The standard InChI is InChI=1S/C25H39N5O5S/c1-25(2,3)35-24(32)28-16-4-6-30(7-5-16)17-14-18(34-13-10-29-8-11-33-12-9-29)20-19(15-17)36-22(21(20)26)23(27)31/h14-16,21-22H,4-13,26H2,1-3H3,(H2,27,31)(H,28,32). The van der Waals surface area contributed by atoms with Gasteiger partial charge in [-0.05, 0) is 39.7 Å². The highest BCUT2D eigenvalue weighted by Gasteiger charge is 2.38. The first-order chi connectivity index (χ1) is 17.1. The number of anilines is 1. The highest BCUT2D eigenvalue weighted by atomic mass is 32.2. The van der Waals surface area contributed by atoms with Gasteiger partial charge < -0.3 is 35.9 Å². The second-order valence-electron chi connectivity index (χ2n) is 10.5. The first-order valence-electron chi connectivity index (χ1n) is 12.7. The number of hydrogen-bond donors (Lipinski definition) is 3. The molecule has 3 aliphatic heterocycles. The Morgan fingerprint density at radius 1 is 1.17 bits per heavy atom. The Morgan fingerprint density at radius 2 is 1.86 bits per heavy atom. The van der Waals surface area contributed by atoms with Crippen molar-refractivity contribution in [2.24, 2.45) is 11.5 Å². The molecule has 2 fully saturated rings. The average molecular weight is 522 g/mol. The number of morpholine rings is 1. The van der Waals surface area contributed by atoms with Crippen LogP contribution < -0.4 is 26.4 Å². The van der Waals surface area contributed by atoms with E-state index in [9.17, 15) is 9.59 Å². The van der Waals surface area contributed by atoms with Gasteiger partial charge in [0.25, 0.3) is 0 Å². The first kappa shape index (κ1) is 26.8. The lowest BCUT2D eigenvalue weighted by molar-refractivity contribution is -0.117. The number of carbonyl (C=O) groups excluding carboxylic acids is 2. The molecule has 10 nitrogen and oxygen atoms in total. The summed E-state index contributed by atoms with van der Waals surface area (Å²) >= 11 is 1.41. The van der Waals surface area contributed by atoms with E-state index in [1.807, 2.05) is 26.8 Å². The van der Waals surface area contributed by atoms with E-state index in [1.54, 1.807) is 0 Å². The molecule has 36 heavy (non-hydrogen) atoms. The normalized spacial score (nSPS) is 23.3. The summed E-state index contributed by atoms with van der Waals surface area (Å²) in [6.45, 7) is 11.7. The van der Waals surface area contributed by atoms with Crippen LogP contribution in [0.5, 0.6) is 5.75 Å². The van der Waals surface area contributed by atoms with Gasteiger partial charge in [0.2, 0.25) is 5.91 Å². The van der Waals surface area contributed by atoms with Crippen LogP contribution >= 0.6 is 11.8 Å². The summed E-state index contributed by atoms with van der Waals surface area (Å²) in [6, 6.07) is 3.68. The maximum atomic E-state index is 12.2. The Balaban J connectivity index is 1.43. The number of nitrogens with two attached hydrogens (primary N) is 2. The summed E-state index contributed by atoms with van der Waals surface area (Å²) in [6.07, 6.45) is 1.23. The minimum atomic E-state index is -0.519. The quantitative estimate of drug-likeness (QED) is 0.492. The molecule has 1 aromatic carbocycles. The van der Waals surface area contributed by atoms with Crippen LogP contribution in [0.15, 0.2) is 17.0 Å². The lowest BCUT2D eigenvalue weighted by atomic mass is 10.0. The third kappa shape index (κ3) is 6.76. The van der Waals surface area contributed by atoms with Crippen molar-refractivity contribution in [1.82, 2.24) is 10.2 Å². The zero-order valence-electron chi connectivity index (χ0n) is 21.5. The van der Waals surface area contributed by atoms with Crippen LogP contribution in [0.3, 0.4) is 0 Å². The van der Waals surface area contributed by atoms with Crippen LogP contribution in [-0.4, -0.2) is 86.3 Å². The highest BCUT2D eigenvalue weighted by molar-refractivity contribution is 8.01. The minimum Gasteiger partial charge on any atom is -0.492 e. The number of rotatable bonds is 7. The van der Waals surface area contributed by atoms with Crippen LogP contribution in [0.1, 0.15) is 45.2 Å². The molecule has 0 aliphatic carbocycles. The number of primary amides is 1. The Bertz CT molecular complexity index is 942. The number of amides is 2. The van der Waals surface area contributed by atoms with Gasteiger partial charge in [-0.25, -0.2) is 4.79 Å². The van der Waals surface area contributed by atoms with Crippen molar-refractivity contribution in [3.63, 3.8) is 0 Å². The first-order valence-corrected chi connectivity index (χ1v) is 13.6. The van der Waals surface area contributed by atoms with Crippen molar-refractivity contribution in [2.75, 3.05) is 57.4 Å². The van der Waals surface area contributed by atoms with Gasteiger partial charge in [-0.3, -0.25) is 9.69 Å². The predicted octanol–water partition coefficient (Wildman–Crippen LogP) is 1.85. The van der Waals surface area contributed by atoms with Crippen molar-refractivity contribution in [3.8, 4) is 5.75 Å². The van der Waals surface area contributed by atoms with E-state index >= 15 is 0 Å². The van der Waals surface area contributed by atoms with Gasteiger partial charge >= 0.3 is 6.09 Å². The number of carbonyl (C=O) groups is 2. The topological polar surface area (TPSA) is 132 Å². The summed E-state index contributed by atoms with van der Waals surface area (Å²) in [5.41, 5.74) is 13.4. The summed E-state index contributed by atoms with van der Waals surface area (Å²) in [5, 5.41) is 2.47. The molecule has 4 rings (SSSR count). The fourth-order valence-corrected chi connectivity index (χ4v) is 6.00. The van der Waals surface area contributed by atoms with Gasteiger partial charge in [0.15, 0.2) is 0 Å². The number of fused-ring (bicyclic) bond motifs is 1. The van der Waals surface area contributed by atoms with E-state index in [2.05, 4.69) is 21.2 Å². The molecule has 2 amide bonds. The van der Waals surface area contributed by atoms with Gasteiger partial charge in [-0.15, -0.1) is 11.8 Å². The molecule has 2 atom stereocenters. The van der Waals surface area contributed by atoms with Gasteiger partial charge in [0, 0.05) is 61.0 Å². The van der Waals surface area contributed by atoms with Crippen molar-refractivity contribution < 1.29 is 23.8 Å². The second kappa shape index (κ2) is 11.5. The monoisotopic (exact) mass is 521 g/mol. The van der Waals surface area contributed by atoms with E-state index in [1.165, 1.54) is 11.8 Å². The number of piperidine rings is 1. The zero-order valence-corrected chi connectivity index (χ0v) is 22.3. The van der Waals surface area contributed by atoms with E-state index < -0.39 is 22.8 Å². The number of nitrogens with zero attached hydrogens (tertiary/aromatic N) is 2. The summed E-state index contributed by atoms with van der Waals surface area (Å²) < 4.78 is 17.1. The average Bonchev–Trinajstić information content (AvgIpc) is 3.16. The molecule has 0 bridgehead atoms. The largest absolute Gasteiger partial charge is 0.492 e. The molecule has 3 heterocycles. The van der Waals surface area contributed by atoms with Gasteiger partial charge in [0.1, 0.15) is 23.2 Å². The minimum absolute atomic E-state index is 0.0665. The van der Waals surface area contributed by atoms with Crippen LogP contribution in [0.2, 0.25) is 0 Å². The molecular formula is C25H39N5O5S. The molecule has 0 saturated carbocycles. The maximum Gasteiger partial charge on any atom is 0.407 e. The summed E-state index contributed by atoms with van der Waals surface area (Å²) in [7, 11) is 0. The SMILES string of the molecule is CC(C)(C)OC(=O)NC1CCN(c2cc(OCCN3CCOCC3)c3c(c2)SC(C(N)=O)C3N)CC1. The molecule has 1 aromatic rings. The van der Waals surface area contributed by atoms with Crippen molar-refractivity contribution in [1.29, 1.82) is 0 Å². The third-order valence-corrected chi connectivity index (χ3v) is 8.00. The number of ether oxygens (including phenoxy) is 3. The van der Waals surface area contributed by atoms with Gasteiger partial charge in [-0.2, -0.15) is 0 Å². The van der Waals surface area contributed by atoms with Crippen molar-refractivity contribution in [2.45, 2.75) is 61.4 Å². The second-order valence-corrected chi connectivity index (χ2v) is 11.7. The Morgan fingerprint density at radius 3 is 2.50 bits per heavy atom. The number of hydrogen-bond acceptors (Lipinski definition) is 9. The number of benzene rings is 1. The maximum absolute atomic E-state index is 12.2. The molecule has 3 aliphatic rings. The van der Waals surface area contributed by atoms with Crippen molar-refractivity contribution >= 4 is 29.4 Å². The van der Waals surface area contributed by atoms with Crippen LogP contribution in [0, 0.1) is 0 Å². The van der Waals surface area contributed by atoms with Crippen molar-refractivity contribution in [3.05, 3.63) is 17.7 Å². The molecule has 2 saturated heterocycles. The van der Waals surface area contributed by atoms with E-state index in [0.29, 0.717) is 12.4 Å². The molecule has 0 spiro atoms. The molecule has 0 aromatic heterocycles. The lowest BCUT2D eigenvalue weighted by Gasteiger charge is -2.35. The molecule has 200 valence electrons. The van der Waals surface area contributed by atoms with Crippen LogP contribution in [0.25, 0.3) is 0 Å².